The fourth-order valence-corrected chi connectivity index (χ4v) is 3.80. The number of nitrogens with zero attached hydrogens (tertiary/aromatic N) is 1. The molecule has 5 nitrogen and oxygen atoms in total. The van der Waals surface area contributed by atoms with Gasteiger partial charge in [0.25, 0.3) is 0 Å². The fourth-order valence-electron chi connectivity index (χ4n) is 3.80. The average Bonchev–Trinajstić information content (AvgIpc) is 3.25. The normalized spacial score (nSPS) is 14.0. The lowest BCUT2D eigenvalue weighted by Crippen LogP contribution is -2.08. The summed E-state index contributed by atoms with van der Waals surface area (Å²) >= 11 is 0. The summed E-state index contributed by atoms with van der Waals surface area (Å²) in [5.74, 6) is 0.294. The highest BCUT2D eigenvalue weighted by molar-refractivity contribution is 6.15. The minimum Gasteiger partial charge on any atom is -0.452 e. The van der Waals surface area contributed by atoms with Crippen LogP contribution in [0.2, 0.25) is 0 Å². The highest BCUT2D eigenvalue weighted by Gasteiger charge is 2.28. The van der Waals surface area contributed by atoms with Crippen molar-refractivity contribution in [2.45, 2.75) is 6.92 Å². The van der Waals surface area contributed by atoms with Crippen LogP contribution in [0.5, 0.6) is 11.5 Å². The molecular weight excluding hydrogens is 390 g/mol. The second kappa shape index (κ2) is 7.29. The zero-order chi connectivity index (χ0) is 21.5. The first-order chi connectivity index (χ1) is 15.0. The van der Waals surface area contributed by atoms with Gasteiger partial charge < -0.3 is 14.0 Å². The van der Waals surface area contributed by atoms with Crippen LogP contribution in [0.3, 0.4) is 0 Å². The van der Waals surface area contributed by atoms with Crippen molar-refractivity contribution >= 4 is 28.7 Å². The van der Waals surface area contributed by atoms with Gasteiger partial charge in [0.2, 0.25) is 5.78 Å². The van der Waals surface area contributed by atoms with E-state index in [-0.39, 0.29) is 11.5 Å². The minimum atomic E-state index is -0.459. The van der Waals surface area contributed by atoms with E-state index in [0.717, 1.165) is 22.0 Å². The van der Waals surface area contributed by atoms with Gasteiger partial charge in [-0.2, -0.15) is 0 Å². The molecule has 0 bridgehead atoms. The summed E-state index contributed by atoms with van der Waals surface area (Å²) in [5, 5.41) is 1.04. The predicted octanol–water partition coefficient (Wildman–Crippen LogP) is 5.32. The summed E-state index contributed by atoms with van der Waals surface area (Å²) < 4.78 is 13.3. The maximum Gasteiger partial charge on any atom is 0.343 e. The molecule has 1 aliphatic rings. The van der Waals surface area contributed by atoms with Crippen LogP contribution in [0.1, 0.15) is 31.8 Å². The van der Waals surface area contributed by atoms with E-state index in [0.29, 0.717) is 22.6 Å². The van der Waals surface area contributed by atoms with Crippen LogP contribution in [-0.4, -0.2) is 16.3 Å². The molecule has 1 aromatic heterocycles. The van der Waals surface area contributed by atoms with Crippen LogP contribution >= 0.6 is 0 Å². The first-order valence-corrected chi connectivity index (χ1v) is 9.91. The van der Waals surface area contributed by atoms with Crippen LogP contribution < -0.4 is 9.47 Å². The SMILES string of the molecule is Cc1cccc(C(=O)Oc2ccc3c(c2)O/C(=C\c2cn(C)c4ccccc24)C3=O)c1. The summed E-state index contributed by atoms with van der Waals surface area (Å²) in [4.78, 5) is 25.2. The minimum absolute atomic E-state index is 0.195. The number of hydrogen-bond donors (Lipinski definition) is 0. The second-order valence-electron chi connectivity index (χ2n) is 7.57. The van der Waals surface area contributed by atoms with Crippen LogP contribution in [0, 0.1) is 6.92 Å². The smallest absolute Gasteiger partial charge is 0.343 e. The van der Waals surface area contributed by atoms with Crippen molar-refractivity contribution in [1.29, 1.82) is 0 Å². The molecular formula is C26H19NO4. The number of hydrogen-bond acceptors (Lipinski definition) is 4. The topological polar surface area (TPSA) is 57.5 Å². The summed E-state index contributed by atoms with van der Waals surface area (Å²) in [7, 11) is 1.96. The Morgan fingerprint density at radius 2 is 1.87 bits per heavy atom. The highest BCUT2D eigenvalue weighted by atomic mass is 16.5. The number of fused-ring (bicyclic) bond motifs is 2. The number of aryl methyl sites for hydroxylation is 2. The van der Waals surface area contributed by atoms with E-state index in [2.05, 4.69) is 0 Å². The number of para-hydroxylation sites is 1. The van der Waals surface area contributed by atoms with E-state index in [4.69, 9.17) is 9.47 Å². The van der Waals surface area contributed by atoms with Crippen molar-refractivity contribution in [3.05, 3.63) is 101 Å². The molecule has 0 radical (unpaired) electrons. The highest BCUT2D eigenvalue weighted by Crippen LogP contribution is 2.36. The number of carbonyl (C=O) groups is 2. The van der Waals surface area contributed by atoms with E-state index >= 15 is 0 Å². The zero-order valence-corrected chi connectivity index (χ0v) is 17.1. The largest absolute Gasteiger partial charge is 0.452 e. The van der Waals surface area contributed by atoms with Crippen LogP contribution in [0.15, 0.2) is 78.7 Å². The molecule has 3 aromatic carbocycles. The molecule has 0 N–H and O–H groups in total. The monoisotopic (exact) mass is 409 g/mol. The molecule has 0 amide bonds. The van der Waals surface area contributed by atoms with Crippen LogP contribution in [-0.2, 0) is 7.05 Å². The lowest BCUT2D eigenvalue weighted by molar-refractivity contribution is 0.0734. The van der Waals surface area contributed by atoms with E-state index in [1.165, 1.54) is 0 Å². The summed E-state index contributed by atoms with van der Waals surface area (Å²) in [6.07, 6.45) is 3.72. The molecule has 0 atom stereocenters. The molecule has 1 aliphatic heterocycles. The predicted molar refractivity (Wildman–Crippen MR) is 118 cm³/mol. The van der Waals surface area contributed by atoms with Crippen molar-refractivity contribution in [3.63, 3.8) is 0 Å². The van der Waals surface area contributed by atoms with Gasteiger partial charge in [0.1, 0.15) is 11.5 Å². The number of rotatable bonds is 3. The fraction of sp³-hybridized carbons (Fsp3) is 0.0769. The summed E-state index contributed by atoms with van der Waals surface area (Å²) in [6.45, 7) is 1.91. The lowest BCUT2D eigenvalue weighted by Gasteiger charge is -2.06. The van der Waals surface area contributed by atoms with E-state index in [1.807, 2.05) is 55.1 Å². The number of aromatic nitrogens is 1. The molecule has 0 saturated carbocycles. The molecule has 0 aliphatic carbocycles. The van der Waals surface area contributed by atoms with Crippen LogP contribution in [0.25, 0.3) is 17.0 Å². The third kappa shape index (κ3) is 3.40. The number of allylic oxidation sites excluding steroid dienone is 1. The van der Waals surface area contributed by atoms with Crippen molar-refractivity contribution in [2.24, 2.45) is 7.05 Å². The third-order valence-electron chi connectivity index (χ3n) is 5.32. The van der Waals surface area contributed by atoms with Crippen molar-refractivity contribution in [2.75, 3.05) is 0 Å². The number of Topliss-reactive ketones (excluding diaryl/α,β-unsaturated/α-hetero) is 1. The molecule has 4 aromatic rings. The van der Waals surface area contributed by atoms with Gasteiger partial charge in [-0.25, -0.2) is 4.79 Å². The Morgan fingerprint density at radius 1 is 1.03 bits per heavy atom. The van der Waals surface area contributed by atoms with Crippen molar-refractivity contribution < 1.29 is 19.1 Å². The standard InChI is InChI=1S/C26H19NO4/c1-16-6-5-7-17(12-16)26(29)30-19-10-11-21-23(14-19)31-24(25(21)28)13-18-15-27(2)22-9-4-3-8-20(18)22/h3-15H,1-2H3/b24-13-. The van der Waals surface area contributed by atoms with Crippen molar-refractivity contribution in [1.82, 2.24) is 4.57 Å². The molecule has 5 rings (SSSR count). The number of benzene rings is 3. The summed E-state index contributed by atoms with van der Waals surface area (Å²) in [5.41, 5.74) is 3.86. The molecule has 152 valence electrons. The molecule has 2 heterocycles. The molecule has 31 heavy (non-hydrogen) atoms. The van der Waals surface area contributed by atoms with E-state index < -0.39 is 5.97 Å². The van der Waals surface area contributed by atoms with Gasteiger partial charge in [-0.1, -0.05) is 35.9 Å². The Labute approximate surface area is 179 Å². The molecule has 5 heteroatoms. The Bertz CT molecular complexity index is 1390. The third-order valence-corrected chi connectivity index (χ3v) is 5.32. The Hall–Kier alpha value is -4.12. The lowest BCUT2D eigenvalue weighted by atomic mass is 10.1. The average molecular weight is 409 g/mol. The first-order valence-electron chi connectivity index (χ1n) is 9.91. The van der Waals surface area contributed by atoms with Gasteiger partial charge in [-0.05, 0) is 43.3 Å². The number of carbonyl (C=O) groups excluding carboxylic acids is 2. The van der Waals surface area contributed by atoms with Gasteiger partial charge in [-0.3, -0.25) is 4.79 Å². The number of ether oxygens (including phenoxy) is 2. The molecule has 0 unspecified atom stereocenters. The van der Waals surface area contributed by atoms with Gasteiger partial charge in [0.05, 0.1) is 11.1 Å². The molecule has 0 spiro atoms. The van der Waals surface area contributed by atoms with Gasteiger partial charge in [-0.15, -0.1) is 0 Å². The van der Waals surface area contributed by atoms with Gasteiger partial charge in [0.15, 0.2) is 5.76 Å². The maximum absolute atomic E-state index is 12.8. The number of esters is 1. The first kappa shape index (κ1) is 18.9. The van der Waals surface area contributed by atoms with Gasteiger partial charge in [0, 0.05) is 35.8 Å². The number of ketones is 1. The van der Waals surface area contributed by atoms with E-state index in [1.54, 1.807) is 42.5 Å². The Morgan fingerprint density at radius 3 is 2.71 bits per heavy atom. The quantitative estimate of drug-likeness (QED) is 0.261. The van der Waals surface area contributed by atoms with Crippen molar-refractivity contribution in [3.8, 4) is 11.5 Å². The molecule has 0 saturated heterocycles. The van der Waals surface area contributed by atoms with Crippen LogP contribution in [0.4, 0.5) is 0 Å². The maximum atomic E-state index is 12.8. The second-order valence-corrected chi connectivity index (χ2v) is 7.57. The molecule has 0 fully saturated rings. The van der Waals surface area contributed by atoms with Gasteiger partial charge >= 0.3 is 5.97 Å². The zero-order valence-electron chi connectivity index (χ0n) is 17.1. The Balaban J connectivity index is 1.42. The Kier molecular flexibility index (Phi) is 4.44. The van der Waals surface area contributed by atoms with E-state index in [9.17, 15) is 9.59 Å². The summed E-state index contributed by atoms with van der Waals surface area (Å²) in [6, 6.07) is 20.0.